The van der Waals surface area contributed by atoms with Gasteiger partial charge in [-0.15, -0.1) is 0 Å². The molecule has 1 aromatic carbocycles. The number of nitrogens with two attached hydrogens (primary N) is 1. The lowest BCUT2D eigenvalue weighted by Gasteiger charge is -2.11. The number of rotatable bonds is 4. The third-order valence-corrected chi connectivity index (χ3v) is 3.08. The fraction of sp³-hybridized carbons (Fsp3) is 0.333. The SMILES string of the molecule is COCc1nc(-c2ccc(C(C)C)c(N)c2)cc(=O)[nH]1. The van der Waals surface area contributed by atoms with Crippen molar-refractivity contribution >= 4 is 5.69 Å². The number of ether oxygens (including phenoxy) is 1. The second-order valence-corrected chi connectivity index (χ2v) is 5.01. The number of hydrogen-bond donors (Lipinski definition) is 2. The molecule has 5 heteroatoms. The molecule has 2 rings (SSSR count). The van der Waals surface area contributed by atoms with E-state index in [1.165, 1.54) is 6.07 Å². The number of nitrogens with one attached hydrogen (secondary N) is 1. The second kappa shape index (κ2) is 5.88. The molecule has 0 saturated heterocycles. The Morgan fingerprint density at radius 1 is 1.35 bits per heavy atom. The first-order chi connectivity index (χ1) is 9.51. The fourth-order valence-corrected chi connectivity index (χ4v) is 2.12. The van der Waals surface area contributed by atoms with Gasteiger partial charge in [0.1, 0.15) is 12.4 Å². The fourth-order valence-electron chi connectivity index (χ4n) is 2.12. The molecule has 0 fully saturated rings. The number of H-pyrrole nitrogens is 1. The Morgan fingerprint density at radius 2 is 2.10 bits per heavy atom. The molecule has 0 spiro atoms. The van der Waals surface area contributed by atoms with Crippen LogP contribution >= 0.6 is 0 Å². The van der Waals surface area contributed by atoms with Gasteiger partial charge in [-0.1, -0.05) is 26.0 Å². The van der Waals surface area contributed by atoms with Crippen molar-refractivity contribution in [3.05, 3.63) is 46.0 Å². The van der Waals surface area contributed by atoms with Crippen LogP contribution in [-0.2, 0) is 11.3 Å². The summed E-state index contributed by atoms with van der Waals surface area (Å²) in [4.78, 5) is 18.6. The van der Waals surface area contributed by atoms with E-state index in [2.05, 4.69) is 23.8 Å². The number of aromatic amines is 1. The minimum Gasteiger partial charge on any atom is -0.398 e. The molecular formula is C15H19N3O2. The van der Waals surface area contributed by atoms with Crippen molar-refractivity contribution in [3.8, 4) is 11.3 Å². The Kier molecular flexibility index (Phi) is 4.20. The lowest BCUT2D eigenvalue weighted by Crippen LogP contribution is -2.11. The van der Waals surface area contributed by atoms with Crippen LogP contribution in [0, 0.1) is 0 Å². The molecule has 0 bridgehead atoms. The van der Waals surface area contributed by atoms with E-state index in [-0.39, 0.29) is 12.2 Å². The van der Waals surface area contributed by atoms with E-state index in [4.69, 9.17) is 10.5 Å². The average molecular weight is 273 g/mol. The van der Waals surface area contributed by atoms with E-state index in [1.54, 1.807) is 7.11 Å². The molecule has 2 aromatic rings. The molecular weight excluding hydrogens is 254 g/mol. The van der Waals surface area contributed by atoms with Crippen LogP contribution in [0.5, 0.6) is 0 Å². The van der Waals surface area contributed by atoms with Gasteiger partial charge in [0.15, 0.2) is 0 Å². The smallest absolute Gasteiger partial charge is 0.251 e. The summed E-state index contributed by atoms with van der Waals surface area (Å²) < 4.78 is 4.99. The van der Waals surface area contributed by atoms with Gasteiger partial charge in [-0.2, -0.15) is 0 Å². The van der Waals surface area contributed by atoms with Gasteiger partial charge in [-0.05, 0) is 17.5 Å². The van der Waals surface area contributed by atoms with Crippen LogP contribution in [0.15, 0.2) is 29.1 Å². The van der Waals surface area contributed by atoms with Gasteiger partial charge in [0, 0.05) is 24.4 Å². The first-order valence-electron chi connectivity index (χ1n) is 6.50. The van der Waals surface area contributed by atoms with Gasteiger partial charge in [-0.3, -0.25) is 4.79 Å². The first-order valence-corrected chi connectivity index (χ1v) is 6.50. The van der Waals surface area contributed by atoms with Gasteiger partial charge in [-0.25, -0.2) is 4.98 Å². The number of nitrogen functional groups attached to an aromatic ring is 1. The molecule has 1 aromatic heterocycles. The van der Waals surface area contributed by atoms with Crippen molar-refractivity contribution in [2.45, 2.75) is 26.4 Å². The van der Waals surface area contributed by atoms with Crippen LogP contribution in [0.3, 0.4) is 0 Å². The normalized spacial score (nSPS) is 11.0. The van der Waals surface area contributed by atoms with Crippen LogP contribution in [0.1, 0.15) is 31.2 Å². The summed E-state index contributed by atoms with van der Waals surface area (Å²) in [6.45, 7) is 4.45. The number of benzene rings is 1. The van der Waals surface area contributed by atoms with E-state index >= 15 is 0 Å². The van der Waals surface area contributed by atoms with Crippen molar-refractivity contribution in [2.24, 2.45) is 0 Å². The average Bonchev–Trinajstić information content (AvgIpc) is 2.37. The van der Waals surface area contributed by atoms with Crippen molar-refractivity contribution < 1.29 is 4.74 Å². The molecule has 106 valence electrons. The van der Waals surface area contributed by atoms with Crippen LogP contribution in [-0.4, -0.2) is 17.1 Å². The maximum Gasteiger partial charge on any atom is 0.251 e. The molecule has 0 aliphatic heterocycles. The minimum absolute atomic E-state index is 0.200. The molecule has 1 heterocycles. The summed E-state index contributed by atoms with van der Waals surface area (Å²) in [5.74, 6) is 0.863. The highest BCUT2D eigenvalue weighted by molar-refractivity contribution is 5.66. The Hall–Kier alpha value is -2.14. The zero-order chi connectivity index (χ0) is 14.7. The van der Waals surface area contributed by atoms with Crippen molar-refractivity contribution in [1.82, 2.24) is 9.97 Å². The minimum atomic E-state index is -0.200. The number of anilines is 1. The zero-order valence-corrected chi connectivity index (χ0v) is 11.9. The molecule has 3 N–H and O–H groups in total. The van der Waals surface area contributed by atoms with E-state index in [0.717, 1.165) is 11.1 Å². The molecule has 0 unspecified atom stereocenters. The van der Waals surface area contributed by atoms with Gasteiger partial charge < -0.3 is 15.5 Å². The lowest BCUT2D eigenvalue weighted by molar-refractivity contribution is 0.177. The summed E-state index contributed by atoms with van der Waals surface area (Å²) in [6, 6.07) is 7.23. The van der Waals surface area contributed by atoms with Gasteiger partial charge in [0.25, 0.3) is 5.56 Å². The van der Waals surface area contributed by atoms with Crippen LogP contribution in [0.2, 0.25) is 0 Å². The molecule has 0 saturated carbocycles. The molecule has 0 amide bonds. The van der Waals surface area contributed by atoms with E-state index in [1.807, 2.05) is 18.2 Å². The van der Waals surface area contributed by atoms with Crippen LogP contribution in [0.4, 0.5) is 5.69 Å². The second-order valence-electron chi connectivity index (χ2n) is 5.01. The van der Waals surface area contributed by atoms with Crippen molar-refractivity contribution in [3.63, 3.8) is 0 Å². The Morgan fingerprint density at radius 3 is 2.70 bits per heavy atom. The molecule has 5 nitrogen and oxygen atoms in total. The van der Waals surface area contributed by atoms with Crippen LogP contribution < -0.4 is 11.3 Å². The maximum atomic E-state index is 11.6. The lowest BCUT2D eigenvalue weighted by atomic mass is 9.98. The van der Waals surface area contributed by atoms with Crippen LogP contribution in [0.25, 0.3) is 11.3 Å². The summed E-state index contributed by atoms with van der Waals surface area (Å²) in [5, 5.41) is 0. The molecule has 0 aliphatic rings. The van der Waals surface area contributed by atoms with Gasteiger partial charge in [0.05, 0.1) is 5.69 Å². The highest BCUT2D eigenvalue weighted by atomic mass is 16.5. The number of methoxy groups -OCH3 is 1. The molecule has 0 aliphatic carbocycles. The molecule has 20 heavy (non-hydrogen) atoms. The Balaban J connectivity index is 2.46. The number of nitrogens with zero attached hydrogens (tertiary/aromatic N) is 1. The third-order valence-electron chi connectivity index (χ3n) is 3.08. The highest BCUT2D eigenvalue weighted by Crippen LogP contribution is 2.26. The summed E-state index contributed by atoms with van der Waals surface area (Å²) in [6.07, 6.45) is 0. The van der Waals surface area contributed by atoms with E-state index in [0.29, 0.717) is 23.1 Å². The molecule has 0 atom stereocenters. The summed E-state index contributed by atoms with van der Waals surface area (Å²) >= 11 is 0. The van der Waals surface area contributed by atoms with E-state index in [9.17, 15) is 4.79 Å². The van der Waals surface area contributed by atoms with Crippen molar-refractivity contribution in [1.29, 1.82) is 0 Å². The standard InChI is InChI=1S/C15H19N3O2/c1-9(2)11-5-4-10(6-12(11)16)13-7-15(19)18-14(17-13)8-20-3/h4-7,9H,8,16H2,1-3H3,(H,17,18,19). The quantitative estimate of drug-likeness (QED) is 0.837. The number of hydrogen-bond acceptors (Lipinski definition) is 4. The topological polar surface area (TPSA) is 81.0 Å². The Bertz CT molecular complexity index is 662. The maximum absolute atomic E-state index is 11.6. The largest absolute Gasteiger partial charge is 0.398 e. The Labute approximate surface area is 117 Å². The monoisotopic (exact) mass is 273 g/mol. The molecule has 0 radical (unpaired) electrons. The van der Waals surface area contributed by atoms with Crippen molar-refractivity contribution in [2.75, 3.05) is 12.8 Å². The predicted molar refractivity (Wildman–Crippen MR) is 79.5 cm³/mol. The van der Waals surface area contributed by atoms with Gasteiger partial charge >= 0.3 is 0 Å². The summed E-state index contributed by atoms with van der Waals surface area (Å²) in [5.41, 5.74) is 9.09. The number of aromatic nitrogens is 2. The van der Waals surface area contributed by atoms with E-state index < -0.39 is 0 Å². The highest BCUT2D eigenvalue weighted by Gasteiger charge is 2.08. The van der Waals surface area contributed by atoms with Gasteiger partial charge in [0.2, 0.25) is 0 Å². The summed E-state index contributed by atoms with van der Waals surface area (Å²) in [7, 11) is 1.56. The first kappa shape index (κ1) is 14.3. The predicted octanol–water partition coefficient (Wildman–Crippen LogP) is 2.29. The third kappa shape index (κ3) is 3.05. The zero-order valence-electron chi connectivity index (χ0n) is 11.9.